The lowest BCUT2D eigenvalue weighted by atomic mass is 10.1. The van der Waals surface area contributed by atoms with E-state index in [1.807, 2.05) is 18.2 Å². The Morgan fingerprint density at radius 1 is 1.21 bits per heavy atom. The molecular formula is C14H20BrNO3. The molecule has 0 aliphatic heterocycles. The van der Waals surface area contributed by atoms with Crippen molar-refractivity contribution in [3.8, 4) is 0 Å². The standard InChI is InChI=1S/C14H20BrNO3/c1-18-8-3-6-16(7-9-19-2)14-5-4-13(15)10-12(14)11-17/h4-5,10-11H,3,6-9H2,1-2H3. The first-order valence-corrected chi connectivity index (χ1v) is 6.99. The average molecular weight is 330 g/mol. The molecule has 0 unspecified atom stereocenters. The number of hydrogen-bond acceptors (Lipinski definition) is 4. The van der Waals surface area contributed by atoms with Gasteiger partial charge in [-0.15, -0.1) is 0 Å². The highest BCUT2D eigenvalue weighted by Gasteiger charge is 2.11. The molecule has 0 saturated carbocycles. The normalized spacial score (nSPS) is 10.5. The predicted octanol–water partition coefficient (Wildman–Crippen LogP) is 2.75. The van der Waals surface area contributed by atoms with Crippen LogP contribution < -0.4 is 4.90 Å². The minimum absolute atomic E-state index is 0.626. The van der Waals surface area contributed by atoms with Gasteiger partial charge in [0.25, 0.3) is 0 Å². The molecule has 0 heterocycles. The summed E-state index contributed by atoms with van der Waals surface area (Å²) in [5, 5.41) is 0. The second-order valence-corrected chi connectivity index (χ2v) is 5.06. The number of rotatable bonds is 9. The molecule has 0 aromatic heterocycles. The van der Waals surface area contributed by atoms with Gasteiger partial charge in [-0.05, 0) is 24.6 Å². The summed E-state index contributed by atoms with van der Waals surface area (Å²) in [6.07, 6.45) is 1.80. The highest BCUT2D eigenvalue weighted by molar-refractivity contribution is 9.10. The van der Waals surface area contributed by atoms with Gasteiger partial charge in [0.2, 0.25) is 0 Å². The van der Waals surface area contributed by atoms with Gasteiger partial charge in [0.05, 0.1) is 6.61 Å². The van der Waals surface area contributed by atoms with Crippen LogP contribution in [0, 0.1) is 0 Å². The average Bonchev–Trinajstić information content (AvgIpc) is 2.43. The van der Waals surface area contributed by atoms with E-state index in [1.54, 1.807) is 14.2 Å². The first kappa shape index (κ1) is 16.1. The molecule has 1 aromatic rings. The van der Waals surface area contributed by atoms with E-state index < -0.39 is 0 Å². The van der Waals surface area contributed by atoms with Crippen LogP contribution in [0.1, 0.15) is 16.8 Å². The summed E-state index contributed by atoms with van der Waals surface area (Å²) in [5.74, 6) is 0. The number of benzene rings is 1. The number of methoxy groups -OCH3 is 2. The quantitative estimate of drug-likeness (QED) is 0.516. The van der Waals surface area contributed by atoms with E-state index >= 15 is 0 Å². The molecule has 0 radical (unpaired) electrons. The van der Waals surface area contributed by atoms with E-state index in [4.69, 9.17) is 9.47 Å². The third-order valence-electron chi connectivity index (χ3n) is 2.80. The Labute approximate surface area is 122 Å². The molecular weight excluding hydrogens is 310 g/mol. The summed E-state index contributed by atoms with van der Waals surface area (Å²) in [6.45, 7) is 2.92. The zero-order valence-corrected chi connectivity index (χ0v) is 13.0. The molecule has 1 aromatic carbocycles. The van der Waals surface area contributed by atoms with E-state index in [1.165, 1.54) is 0 Å². The highest BCUT2D eigenvalue weighted by Crippen LogP contribution is 2.23. The maximum absolute atomic E-state index is 11.2. The van der Waals surface area contributed by atoms with Crippen LogP contribution >= 0.6 is 15.9 Å². The van der Waals surface area contributed by atoms with Crippen LogP contribution in [0.3, 0.4) is 0 Å². The zero-order valence-electron chi connectivity index (χ0n) is 11.4. The monoisotopic (exact) mass is 329 g/mol. The predicted molar refractivity (Wildman–Crippen MR) is 80.1 cm³/mol. The van der Waals surface area contributed by atoms with Gasteiger partial charge in [-0.2, -0.15) is 0 Å². The second-order valence-electron chi connectivity index (χ2n) is 4.15. The fraction of sp³-hybridized carbons (Fsp3) is 0.500. The van der Waals surface area contributed by atoms with Crippen molar-refractivity contribution in [3.05, 3.63) is 28.2 Å². The van der Waals surface area contributed by atoms with E-state index in [-0.39, 0.29) is 0 Å². The molecule has 106 valence electrons. The van der Waals surface area contributed by atoms with Crippen molar-refractivity contribution < 1.29 is 14.3 Å². The molecule has 1 rings (SSSR count). The number of carbonyl (C=O) groups is 1. The summed E-state index contributed by atoms with van der Waals surface area (Å²) in [7, 11) is 3.37. The highest BCUT2D eigenvalue weighted by atomic mass is 79.9. The van der Waals surface area contributed by atoms with Crippen LogP contribution in [0.2, 0.25) is 0 Å². The third-order valence-corrected chi connectivity index (χ3v) is 3.29. The van der Waals surface area contributed by atoms with Gasteiger partial charge in [-0.3, -0.25) is 4.79 Å². The number of hydrogen-bond donors (Lipinski definition) is 0. The van der Waals surface area contributed by atoms with Crippen molar-refractivity contribution in [2.45, 2.75) is 6.42 Å². The molecule has 0 N–H and O–H groups in total. The maximum Gasteiger partial charge on any atom is 0.152 e. The SMILES string of the molecule is COCCCN(CCOC)c1ccc(Br)cc1C=O. The van der Waals surface area contributed by atoms with Crippen LogP contribution in [0.15, 0.2) is 22.7 Å². The van der Waals surface area contributed by atoms with Gasteiger partial charge in [-0.1, -0.05) is 15.9 Å². The Kier molecular flexibility index (Phi) is 7.70. The topological polar surface area (TPSA) is 38.8 Å². The summed E-state index contributed by atoms with van der Waals surface area (Å²) in [4.78, 5) is 13.3. The molecule has 5 heteroatoms. The van der Waals surface area contributed by atoms with Gasteiger partial charge in [0, 0.05) is 49.6 Å². The van der Waals surface area contributed by atoms with Crippen LogP contribution in [0.25, 0.3) is 0 Å². The van der Waals surface area contributed by atoms with Crippen molar-refractivity contribution >= 4 is 27.9 Å². The van der Waals surface area contributed by atoms with Crippen molar-refractivity contribution in [2.75, 3.05) is 45.4 Å². The van der Waals surface area contributed by atoms with E-state index in [0.717, 1.165) is 36.0 Å². The van der Waals surface area contributed by atoms with Crippen LogP contribution in [0.4, 0.5) is 5.69 Å². The molecule has 0 atom stereocenters. The Morgan fingerprint density at radius 3 is 2.58 bits per heavy atom. The van der Waals surface area contributed by atoms with Crippen LogP contribution in [0.5, 0.6) is 0 Å². The molecule has 0 amide bonds. The zero-order chi connectivity index (χ0) is 14.1. The number of aldehydes is 1. The Hall–Kier alpha value is -0.910. The maximum atomic E-state index is 11.2. The van der Waals surface area contributed by atoms with E-state index in [0.29, 0.717) is 18.8 Å². The number of carbonyl (C=O) groups excluding carboxylic acids is 1. The van der Waals surface area contributed by atoms with Gasteiger partial charge >= 0.3 is 0 Å². The fourth-order valence-electron chi connectivity index (χ4n) is 1.86. The van der Waals surface area contributed by atoms with Crippen molar-refractivity contribution in [1.29, 1.82) is 0 Å². The minimum atomic E-state index is 0.626. The van der Waals surface area contributed by atoms with Crippen molar-refractivity contribution in [3.63, 3.8) is 0 Å². The van der Waals surface area contributed by atoms with Crippen molar-refractivity contribution in [1.82, 2.24) is 0 Å². The Balaban J connectivity index is 2.85. The summed E-state index contributed by atoms with van der Waals surface area (Å²) >= 11 is 3.38. The van der Waals surface area contributed by atoms with E-state index in [9.17, 15) is 4.79 Å². The Bertz CT molecular complexity index is 398. The molecule has 0 bridgehead atoms. The fourth-order valence-corrected chi connectivity index (χ4v) is 2.24. The number of nitrogens with zero attached hydrogens (tertiary/aromatic N) is 1. The molecule has 4 nitrogen and oxygen atoms in total. The largest absolute Gasteiger partial charge is 0.385 e. The molecule has 19 heavy (non-hydrogen) atoms. The van der Waals surface area contributed by atoms with Gasteiger partial charge < -0.3 is 14.4 Å². The smallest absolute Gasteiger partial charge is 0.152 e. The number of halogens is 1. The van der Waals surface area contributed by atoms with Crippen molar-refractivity contribution in [2.24, 2.45) is 0 Å². The molecule has 0 aliphatic carbocycles. The lowest BCUT2D eigenvalue weighted by molar-refractivity contribution is 0.112. The molecule has 0 saturated heterocycles. The second kappa shape index (κ2) is 9.07. The molecule has 0 spiro atoms. The number of ether oxygens (including phenoxy) is 2. The number of anilines is 1. The van der Waals surface area contributed by atoms with Crippen LogP contribution in [-0.2, 0) is 9.47 Å². The summed E-state index contributed by atoms with van der Waals surface area (Å²) in [5.41, 5.74) is 1.62. The van der Waals surface area contributed by atoms with Crippen LogP contribution in [-0.4, -0.2) is 46.8 Å². The lowest BCUT2D eigenvalue weighted by Gasteiger charge is -2.26. The lowest BCUT2D eigenvalue weighted by Crippen LogP contribution is -2.29. The van der Waals surface area contributed by atoms with Gasteiger partial charge in [-0.25, -0.2) is 0 Å². The molecule has 0 fully saturated rings. The Morgan fingerprint density at radius 2 is 1.95 bits per heavy atom. The van der Waals surface area contributed by atoms with Gasteiger partial charge in [0.15, 0.2) is 6.29 Å². The summed E-state index contributed by atoms with van der Waals surface area (Å²) in [6, 6.07) is 5.73. The first-order valence-electron chi connectivity index (χ1n) is 6.20. The third kappa shape index (κ3) is 5.30. The summed E-state index contributed by atoms with van der Waals surface area (Å²) < 4.78 is 11.1. The van der Waals surface area contributed by atoms with E-state index in [2.05, 4.69) is 20.8 Å². The minimum Gasteiger partial charge on any atom is -0.385 e. The first-order chi connectivity index (χ1) is 9.22. The van der Waals surface area contributed by atoms with Gasteiger partial charge in [0.1, 0.15) is 0 Å². The molecule has 0 aliphatic rings.